The highest BCUT2D eigenvalue weighted by Gasteiger charge is 2.13. The minimum atomic E-state index is -3.98. The second-order valence-electron chi connectivity index (χ2n) is 5.41. The second kappa shape index (κ2) is 6.69. The van der Waals surface area contributed by atoms with Gasteiger partial charge in [-0.1, -0.05) is 36.4 Å². The summed E-state index contributed by atoms with van der Waals surface area (Å²) in [4.78, 5) is 26.6. The number of rotatable bonds is 5. The van der Waals surface area contributed by atoms with E-state index in [1.807, 2.05) is 42.5 Å². The van der Waals surface area contributed by atoms with Gasteiger partial charge in [0.15, 0.2) is 0 Å². The molecule has 0 fully saturated rings. The van der Waals surface area contributed by atoms with Crippen LogP contribution < -0.4 is 4.74 Å². The van der Waals surface area contributed by atoms with Gasteiger partial charge in [0.1, 0.15) is 17.6 Å². The Bertz CT molecular complexity index is 906. The van der Waals surface area contributed by atoms with Crippen LogP contribution in [0.5, 0.6) is 5.75 Å². The van der Waals surface area contributed by atoms with E-state index in [0.717, 1.165) is 27.7 Å². The molecule has 3 rings (SSSR count). The Morgan fingerprint density at radius 2 is 1.83 bits per heavy atom. The first-order valence-electron chi connectivity index (χ1n) is 7.39. The Hall–Kier alpha value is -2.27. The Morgan fingerprint density at radius 3 is 2.50 bits per heavy atom. The maximum Gasteiger partial charge on any atom is 0.325 e. The third-order valence-electron chi connectivity index (χ3n) is 3.77. The Morgan fingerprint density at radius 1 is 1.08 bits per heavy atom. The number of hydrogen-bond acceptors (Lipinski definition) is 4. The molecular weight excluding hydrogens is 327 g/mol. The monoisotopic (exact) mass is 344 g/mol. The quantitative estimate of drug-likeness (QED) is 0.691. The summed E-state index contributed by atoms with van der Waals surface area (Å²) in [6.07, 6.45) is 1.69. The van der Waals surface area contributed by atoms with Gasteiger partial charge in [0.05, 0.1) is 19.0 Å². The van der Waals surface area contributed by atoms with Crippen molar-refractivity contribution in [3.8, 4) is 17.0 Å². The lowest BCUT2D eigenvalue weighted by molar-refractivity contribution is 0.373. The van der Waals surface area contributed by atoms with Gasteiger partial charge in [-0.15, -0.1) is 0 Å². The molecule has 0 aliphatic carbocycles. The zero-order chi connectivity index (χ0) is 17.2. The molecule has 0 unspecified atom stereocenters. The molecule has 0 saturated carbocycles. The number of ether oxygens (including phenoxy) is 1. The summed E-state index contributed by atoms with van der Waals surface area (Å²) < 4.78 is 16.3. The number of methoxy groups -OCH3 is 1. The van der Waals surface area contributed by atoms with E-state index < -0.39 is 7.60 Å². The van der Waals surface area contributed by atoms with E-state index in [-0.39, 0.29) is 6.16 Å². The van der Waals surface area contributed by atoms with E-state index in [1.165, 1.54) is 6.33 Å². The van der Waals surface area contributed by atoms with Gasteiger partial charge >= 0.3 is 7.60 Å². The van der Waals surface area contributed by atoms with E-state index in [0.29, 0.717) is 12.2 Å². The standard InChI is InChI=1S/C17H17N2O4P/c1-23-15-4-2-3-14-16(18-11-19-17(14)15)13-7-5-12(6-8-13)9-10-24(20,21)22/h2-8,11H,9-10H2,1H3,(H2,20,21,22). The highest BCUT2D eigenvalue weighted by atomic mass is 31.2. The normalized spacial score (nSPS) is 11.6. The minimum absolute atomic E-state index is 0.153. The maximum atomic E-state index is 11.0. The van der Waals surface area contributed by atoms with Crippen LogP contribution in [0.1, 0.15) is 5.56 Å². The van der Waals surface area contributed by atoms with Crippen LogP contribution in [0.4, 0.5) is 0 Å². The Labute approximate surface area is 139 Å². The first-order chi connectivity index (χ1) is 11.5. The molecule has 3 aromatic rings. The van der Waals surface area contributed by atoms with Crippen molar-refractivity contribution in [2.75, 3.05) is 13.3 Å². The first-order valence-corrected chi connectivity index (χ1v) is 9.19. The molecule has 0 spiro atoms. The van der Waals surface area contributed by atoms with E-state index in [2.05, 4.69) is 9.97 Å². The van der Waals surface area contributed by atoms with Crippen molar-refractivity contribution in [3.05, 3.63) is 54.4 Å². The summed E-state index contributed by atoms with van der Waals surface area (Å²) >= 11 is 0. The lowest BCUT2D eigenvalue weighted by Gasteiger charge is -2.09. The largest absolute Gasteiger partial charge is 0.494 e. The van der Waals surface area contributed by atoms with Crippen LogP contribution in [0.3, 0.4) is 0 Å². The summed E-state index contributed by atoms with van der Waals surface area (Å²) in [6.45, 7) is 0. The van der Waals surface area contributed by atoms with Crippen LogP contribution in [0.2, 0.25) is 0 Å². The molecule has 7 heteroatoms. The van der Waals surface area contributed by atoms with Gasteiger partial charge in [-0.25, -0.2) is 9.97 Å². The Kier molecular flexibility index (Phi) is 4.62. The van der Waals surface area contributed by atoms with Gasteiger partial charge < -0.3 is 14.5 Å². The molecule has 1 heterocycles. The summed E-state index contributed by atoms with van der Waals surface area (Å²) in [5.74, 6) is 0.689. The molecule has 6 nitrogen and oxygen atoms in total. The molecule has 0 bridgehead atoms. The Balaban J connectivity index is 1.95. The van der Waals surface area contributed by atoms with E-state index in [4.69, 9.17) is 14.5 Å². The molecule has 0 aliphatic heterocycles. The average molecular weight is 344 g/mol. The van der Waals surface area contributed by atoms with E-state index in [9.17, 15) is 4.57 Å². The van der Waals surface area contributed by atoms with Gasteiger partial charge in [0, 0.05) is 10.9 Å². The highest BCUT2D eigenvalue weighted by molar-refractivity contribution is 7.51. The van der Waals surface area contributed by atoms with Crippen LogP contribution in [-0.4, -0.2) is 33.0 Å². The molecule has 124 valence electrons. The third kappa shape index (κ3) is 3.62. The number of benzene rings is 2. The third-order valence-corrected chi connectivity index (χ3v) is 4.57. The predicted octanol–water partition coefficient (Wildman–Crippen LogP) is 3.03. The molecule has 0 radical (unpaired) electrons. The number of nitrogens with zero attached hydrogens (tertiary/aromatic N) is 2. The van der Waals surface area contributed by atoms with E-state index >= 15 is 0 Å². The van der Waals surface area contributed by atoms with Crippen LogP contribution in [0.15, 0.2) is 48.8 Å². The van der Waals surface area contributed by atoms with Crippen LogP contribution in [0, 0.1) is 0 Å². The van der Waals surface area contributed by atoms with Gasteiger partial charge in [-0.05, 0) is 18.1 Å². The predicted molar refractivity (Wildman–Crippen MR) is 92.1 cm³/mol. The van der Waals surface area contributed by atoms with E-state index in [1.54, 1.807) is 7.11 Å². The summed E-state index contributed by atoms with van der Waals surface area (Å²) in [7, 11) is -2.37. The summed E-state index contributed by atoms with van der Waals surface area (Å²) in [5, 5.41) is 0.889. The first kappa shape index (κ1) is 16.6. The molecular formula is C17H17N2O4P. The van der Waals surface area contributed by atoms with Crippen LogP contribution >= 0.6 is 7.60 Å². The van der Waals surface area contributed by atoms with Crippen molar-refractivity contribution in [1.82, 2.24) is 9.97 Å². The lowest BCUT2D eigenvalue weighted by atomic mass is 10.0. The fraction of sp³-hybridized carbons (Fsp3) is 0.176. The SMILES string of the molecule is COc1cccc2c(-c3ccc(CCP(=O)(O)O)cc3)ncnc12. The molecule has 2 aromatic carbocycles. The number of para-hydroxylation sites is 1. The van der Waals surface area contributed by atoms with Crippen molar-refractivity contribution in [3.63, 3.8) is 0 Å². The van der Waals surface area contributed by atoms with Crippen molar-refractivity contribution >= 4 is 18.5 Å². The maximum absolute atomic E-state index is 11.0. The van der Waals surface area contributed by atoms with Gasteiger partial charge in [0.25, 0.3) is 0 Å². The van der Waals surface area contributed by atoms with Crippen molar-refractivity contribution in [2.45, 2.75) is 6.42 Å². The number of hydrogen-bond donors (Lipinski definition) is 2. The van der Waals surface area contributed by atoms with Gasteiger partial charge in [-0.3, -0.25) is 4.57 Å². The topological polar surface area (TPSA) is 92.5 Å². The number of aryl methyl sites for hydroxylation is 1. The molecule has 0 atom stereocenters. The zero-order valence-electron chi connectivity index (χ0n) is 13.1. The summed E-state index contributed by atoms with van der Waals surface area (Å²) in [5.41, 5.74) is 3.32. The molecule has 2 N–H and O–H groups in total. The van der Waals surface area contributed by atoms with Crippen LogP contribution in [0.25, 0.3) is 22.2 Å². The zero-order valence-corrected chi connectivity index (χ0v) is 14.0. The molecule has 24 heavy (non-hydrogen) atoms. The number of fused-ring (bicyclic) bond motifs is 1. The molecule has 0 saturated heterocycles. The van der Waals surface area contributed by atoms with Crippen molar-refractivity contribution < 1.29 is 19.1 Å². The number of aromatic nitrogens is 2. The highest BCUT2D eigenvalue weighted by Crippen LogP contribution is 2.35. The van der Waals surface area contributed by atoms with Gasteiger partial charge in [0.2, 0.25) is 0 Å². The fourth-order valence-corrected chi connectivity index (χ4v) is 3.11. The second-order valence-corrected chi connectivity index (χ2v) is 7.19. The molecule has 0 aliphatic rings. The molecule has 1 aromatic heterocycles. The average Bonchev–Trinajstić information content (AvgIpc) is 2.59. The fourth-order valence-electron chi connectivity index (χ4n) is 2.56. The van der Waals surface area contributed by atoms with Crippen molar-refractivity contribution in [1.29, 1.82) is 0 Å². The smallest absolute Gasteiger partial charge is 0.325 e. The minimum Gasteiger partial charge on any atom is -0.494 e. The molecule has 0 amide bonds. The van der Waals surface area contributed by atoms with Crippen molar-refractivity contribution in [2.24, 2.45) is 0 Å². The van der Waals surface area contributed by atoms with Crippen LogP contribution in [-0.2, 0) is 11.0 Å². The van der Waals surface area contributed by atoms with Gasteiger partial charge in [-0.2, -0.15) is 0 Å². The lowest BCUT2D eigenvalue weighted by Crippen LogP contribution is -1.95. The summed E-state index contributed by atoms with van der Waals surface area (Å²) in [6, 6.07) is 13.2.